The average molecular weight is 236 g/mol. The molecule has 0 aromatic rings. The van der Waals surface area contributed by atoms with Gasteiger partial charge in [0.1, 0.15) is 0 Å². The molecule has 0 bridgehead atoms. The van der Waals surface area contributed by atoms with Crippen LogP contribution in [0, 0.1) is 0 Å². The summed E-state index contributed by atoms with van der Waals surface area (Å²) >= 11 is 0. The molecule has 2 heterocycles. The summed E-state index contributed by atoms with van der Waals surface area (Å²) in [6, 6.07) is 0. The minimum absolute atomic E-state index is 0.0338. The van der Waals surface area contributed by atoms with Gasteiger partial charge in [-0.1, -0.05) is 0 Å². The summed E-state index contributed by atoms with van der Waals surface area (Å²) in [5.74, 6) is -0.570. The Balaban J connectivity index is 2.82. The Morgan fingerprint density at radius 1 is 1.41 bits per heavy atom. The van der Waals surface area contributed by atoms with Crippen LogP contribution in [0.15, 0.2) is 15.8 Å². The zero-order valence-corrected chi connectivity index (χ0v) is 9.05. The first-order valence-electron chi connectivity index (χ1n) is 4.59. The van der Waals surface area contributed by atoms with Gasteiger partial charge in [-0.25, -0.2) is 14.6 Å². The van der Waals surface area contributed by atoms with E-state index in [4.69, 9.17) is 0 Å². The van der Waals surface area contributed by atoms with Crippen molar-refractivity contribution in [3.8, 4) is 11.5 Å². The first-order valence-corrected chi connectivity index (χ1v) is 4.59. The number of methoxy groups -OCH3 is 1. The molecule has 0 saturated carbocycles. The number of hydrogen-bond acceptors (Lipinski definition) is 6. The highest BCUT2D eigenvalue weighted by Gasteiger charge is 2.18. The molecule has 0 aromatic carbocycles. The van der Waals surface area contributed by atoms with E-state index in [1.807, 2.05) is 4.98 Å². The summed E-state index contributed by atoms with van der Waals surface area (Å²) in [5.41, 5.74) is -1.57. The smallest absolute Gasteiger partial charge is 0.358 e. The molecule has 0 spiro atoms. The summed E-state index contributed by atoms with van der Waals surface area (Å²) in [7, 11) is 2.75. The van der Waals surface area contributed by atoms with Crippen molar-refractivity contribution in [1.82, 2.24) is 19.5 Å². The lowest BCUT2D eigenvalue weighted by Crippen LogP contribution is -2.29. The fraction of sp³-hybridized carbons (Fsp3) is 0.222. The predicted octanol–water partition coefficient (Wildman–Crippen LogP) is -1.25. The minimum Gasteiger partial charge on any atom is -0.464 e. The van der Waals surface area contributed by atoms with E-state index < -0.39 is 17.2 Å². The molecule has 17 heavy (non-hydrogen) atoms. The van der Waals surface area contributed by atoms with Crippen molar-refractivity contribution in [3.63, 3.8) is 0 Å². The molecule has 8 nitrogen and oxygen atoms in total. The van der Waals surface area contributed by atoms with Gasteiger partial charge in [0.2, 0.25) is 0 Å². The van der Waals surface area contributed by atoms with E-state index in [1.165, 1.54) is 17.9 Å². The second-order valence-corrected chi connectivity index (χ2v) is 3.27. The minimum atomic E-state index is -0.759. The Hall–Kier alpha value is -2.51. The number of nitrogens with zero attached hydrogens (tertiary/aromatic N) is 3. The van der Waals surface area contributed by atoms with E-state index in [9.17, 15) is 14.4 Å². The lowest BCUT2D eigenvalue weighted by atomic mass is 10.3. The summed E-state index contributed by atoms with van der Waals surface area (Å²) < 4.78 is 5.86. The van der Waals surface area contributed by atoms with Gasteiger partial charge in [-0.05, 0) is 0 Å². The number of rotatable bonds is 1. The van der Waals surface area contributed by atoms with Crippen molar-refractivity contribution < 1.29 is 9.53 Å². The molecule has 1 N–H and O–H groups in total. The number of aryl methyl sites for hydroxylation is 1. The fourth-order valence-electron chi connectivity index (χ4n) is 1.38. The Morgan fingerprint density at radius 2 is 2.12 bits per heavy atom. The average Bonchev–Trinajstić information content (AvgIpc) is 2.29. The van der Waals surface area contributed by atoms with E-state index >= 15 is 0 Å². The number of carbonyl (C=O) groups is 1. The number of ether oxygens (including phenoxy) is 1. The maximum Gasteiger partial charge on any atom is 0.358 e. The van der Waals surface area contributed by atoms with Crippen LogP contribution in [0.2, 0.25) is 0 Å². The summed E-state index contributed by atoms with van der Waals surface area (Å²) in [6.07, 6.45) is 1.33. The first-order chi connectivity index (χ1) is 8.02. The molecular formula is C9H8N4O4. The molecule has 0 saturated heterocycles. The lowest BCUT2D eigenvalue weighted by molar-refractivity contribution is 0.0593. The Bertz CT molecular complexity index is 672. The van der Waals surface area contributed by atoms with Crippen LogP contribution in [0.1, 0.15) is 10.5 Å². The summed E-state index contributed by atoms with van der Waals surface area (Å²) in [4.78, 5) is 43.2. The molecule has 2 aliphatic rings. The molecule has 0 radical (unpaired) electrons. The summed E-state index contributed by atoms with van der Waals surface area (Å²) in [6.45, 7) is 0. The van der Waals surface area contributed by atoms with Crippen molar-refractivity contribution in [1.29, 1.82) is 0 Å². The highest BCUT2D eigenvalue weighted by Crippen LogP contribution is 2.10. The van der Waals surface area contributed by atoms with Crippen molar-refractivity contribution in [3.05, 3.63) is 32.7 Å². The Kier molecular flexibility index (Phi) is 2.47. The second kappa shape index (κ2) is 3.81. The molecule has 0 atom stereocenters. The molecule has 2 aliphatic heterocycles. The fourth-order valence-corrected chi connectivity index (χ4v) is 1.38. The third-order valence-corrected chi connectivity index (χ3v) is 2.13. The third kappa shape index (κ3) is 1.80. The maximum atomic E-state index is 11.5. The van der Waals surface area contributed by atoms with Crippen LogP contribution in [-0.4, -0.2) is 32.6 Å². The quantitative estimate of drug-likeness (QED) is 0.620. The van der Waals surface area contributed by atoms with Gasteiger partial charge in [-0.2, -0.15) is 4.98 Å². The SMILES string of the molecule is COC(=O)c1cn(C)c2nc(=O)[nH]c(=O)c-2n1. The van der Waals surface area contributed by atoms with Crippen LogP contribution in [0.25, 0.3) is 11.5 Å². The van der Waals surface area contributed by atoms with E-state index in [0.29, 0.717) is 0 Å². The number of carbonyl (C=O) groups excluding carboxylic acids is 1. The monoisotopic (exact) mass is 236 g/mol. The molecule has 0 unspecified atom stereocenters. The third-order valence-electron chi connectivity index (χ3n) is 2.13. The largest absolute Gasteiger partial charge is 0.464 e. The molecule has 0 aromatic heterocycles. The highest BCUT2D eigenvalue weighted by atomic mass is 16.5. The van der Waals surface area contributed by atoms with E-state index in [2.05, 4.69) is 14.7 Å². The number of H-pyrrole nitrogens is 1. The van der Waals surface area contributed by atoms with Crippen LogP contribution < -0.4 is 11.2 Å². The number of aromatic amines is 1. The zero-order valence-electron chi connectivity index (χ0n) is 9.05. The van der Waals surface area contributed by atoms with Gasteiger partial charge in [0.25, 0.3) is 5.56 Å². The van der Waals surface area contributed by atoms with Crippen molar-refractivity contribution in [2.24, 2.45) is 7.05 Å². The second-order valence-electron chi connectivity index (χ2n) is 3.27. The van der Waals surface area contributed by atoms with Gasteiger partial charge in [-0.3, -0.25) is 9.78 Å². The normalized spacial score (nSPS) is 10.5. The van der Waals surface area contributed by atoms with Crippen LogP contribution in [-0.2, 0) is 11.8 Å². The van der Waals surface area contributed by atoms with E-state index in [-0.39, 0.29) is 17.2 Å². The van der Waals surface area contributed by atoms with Gasteiger partial charge >= 0.3 is 11.7 Å². The lowest BCUT2D eigenvalue weighted by Gasteiger charge is -2.09. The van der Waals surface area contributed by atoms with Crippen LogP contribution >= 0.6 is 0 Å². The standard InChI is InChI=1S/C9H8N4O4/c1-13-3-4(8(15)17-2)10-5-6(13)11-9(16)12-7(5)14/h3H,1-2H3,(H,12,14,16). The number of fused-ring (bicyclic) bond motifs is 1. The topological polar surface area (TPSA) is 107 Å². The highest BCUT2D eigenvalue weighted by molar-refractivity contribution is 5.87. The van der Waals surface area contributed by atoms with E-state index in [0.717, 1.165) is 0 Å². The van der Waals surface area contributed by atoms with Gasteiger partial charge in [0.05, 0.1) is 7.11 Å². The predicted molar refractivity (Wildman–Crippen MR) is 55.9 cm³/mol. The van der Waals surface area contributed by atoms with Crippen LogP contribution in [0.4, 0.5) is 0 Å². The van der Waals surface area contributed by atoms with Crippen molar-refractivity contribution in [2.75, 3.05) is 7.11 Å². The Labute approximate surface area is 94.2 Å². The van der Waals surface area contributed by atoms with Crippen molar-refractivity contribution in [2.45, 2.75) is 0 Å². The molecule has 0 aliphatic carbocycles. The van der Waals surface area contributed by atoms with Crippen LogP contribution in [0.3, 0.4) is 0 Å². The first kappa shape index (κ1) is 11.0. The van der Waals surface area contributed by atoms with Gasteiger partial charge < -0.3 is 9.30 Å². The number of aromatic nitrogens is 4. The van der Waals surface area contributed by atoms with Crippen LogP contribution in [0.5, 0.6) is 0 Å². The van der Waals surface area contributed by atoms with E-state index in [1.54, 1.807) is 7.05 Å². The van der Waals surface area contributed by atoms with Gasteiger partial charge in [0, 0.05) is 13.2 Å². The molecule has 0 amide bonds. The van der Waals surface area contributed by atoms with Gasteiger partial charge in [0.15, 0.2) is 17.2 Å². The Morgan fingerprint density at radius 3 is 2.76 bits per heavy atom. The molecule has 8 heteroatoms. The van der Waals surface area contributed by atoms with Crippen molar-refractivity contribution >= 4 is 5.97 Å². The number of hydrogen-bond donors (Lipinski definition) is 1. The zero-order chi connectivity index (χ0) is 12.6. The summed E-state index contributed by atoms with van der Waals surface area (Å²) in [5, 5.41) is 0. The number of nitrogens with one attached hydrogen (secondary N) is 1. The molecule has 88 valence electrons. The molecule has 0 fully saturated rings. The number of esters is 1. The molecular weight excluding hydrogens is 228 g/mol. The van der Waals surface area contributed by atoms with Gasteiger partial charge in [-0.15, -0.1) is 0 Å². The maximum absolute atomic E-state index is 11.5. The molecule has 2 rings (SSSR count).